The van der Waals surface area contributed by atoms with Crippen molar-refractivity contribution in [2.24, 2.45) is 23.5 Å². The van der Waals surface area contributed by atoms with E-state index in [0.29, 0.717) is 0 Å². The molecular formula is C22H37N3O11. The maximum absolute atomic E-state index is 12.9. The zero-order chi connectivity index (χ0) is 28.2. The third-order valence-corrected chi connectivity index (χ3v) is 5.60. The first-order chi connectivity index (χ1) is 16.7. The predicted molar refractivity (Wildman–Crippen MR) is 123 cm³/mol. The first kappa shape index (κ1) is 33.1. The third-order valence-electron chi connectivity index (χ3n) is 5.60. The van der Waals surface area contributed by atoms with E-state index in [1.807, 2.05) is 0 Å². The lowest BCUT2D eigenvalue weighted by atomic mass is 9.90. The number of aliphatic hydroxyl groups excluding tert-OH is 4. The van der Waals surface area contributed by atoms with E-state index in [4.69, 9.17) is 15.9 Å². The van der Waals surface area contributed by atoms with Crippen molar-refractivity contribution < 1.29 is 54.3 Å². The van der Waals surface area contributed by atoms with Crippen molar-refractivity contribution >= 4 is 35.3 Å². The number of carboxylic acid groups (broad SMARTS) is 1. The summed E-state index contributed by atoms with van der Waals surface area (Å²) in [6, 6.07) is -3.07. The van der Waals surface area contributed by atoms with Gasteiger partial charge in [0.15, 0.2) is 5.78 Å². The lowest BCUT2D eigenvalue weighted by Crippen LogP contribution is -2.53. The van der Waals surface area contributed by atoms with E-state index >= 15 is 0 Å². The molecule has 0 fully saturated rings. The Hall–Kier alpha value is -2.94. The number of Topliss-reactive ketones (excluding diaryl/α,β-unsaturated/α-hetero) is 2. The van der Waals surface area contributed by atoms with Gasteiger partial charge in [0.05, 0.1) is 31.3 Å². The van der Waals surface area contributed by atoms with Crippen molar-refractivity contribution in [3.05, 3.63) is 0 Å². The van der Waals surface area contributed by atoms with Gasteiger partial charge in [-0.15, -0.1) is 0 Å². The van der Waals surface area contributed by atoms with Crippen LogP contribution in [0.1, 0.15) is 46.5 Å². The molecule has 0 aliphatic rings. The molecule has 0 rings (SSSR count). The van der Waals surface area contributed by atoms with Crippen LogP contribution >= 0.6 is 0 Å². The number of amides is 3. The van der Waals surface area contributed by atoms with Gasteiger partial charge in [-0.25, -0.2) is 0 Å². The van der Waals surface area contributed by atoms with Gasteiger partial charge in [-0.2, -0.15) is 0 Å². The van der Waals surface area contributed by atoms with E-state index in [1.54, 1.807) is 0 Å². The van der Waals surface area contributed by atoms with Gasteiger partial charge in [-0.05, 0) is 20.3 Å². The number of ketones is 2. The summed E-state index contributed by atoms with van der Waals surface area (Å²) in [7, 11) is 0. The van der Waals surface area contributed by atoms with Crippen LogP contribution in [-0.2, 0) is 28.8 Å². The van der Waals surface area contributed by atoms with E-state index < -0.39 is 110 Å². The van der Waals surface area contributed by atoms with Crippen LogP contribution in [0.25, 0.3) is 0 Å². The zero-order valence-corrected chi connectivity index (χ0v) is 20.5. The first-order valence-corrected chi connectivity index (χ1v) is 11.4. The summed E-state index contributed by atoms with van der Waals surface area (Å²) in [5, 5.41) is 51.7. The molecule has 0 saturated carbocycles. The number of aliphatic carboxylic acids is 1. The van der Waals surface area contributed by atoms with Crippen LogP contribution in [0.3, 0.4) is 0 Å². The maximum atomic E-state index is 12.9. The number of hydrogen-bond acceptors (Lipinski definition) is 10. The van der Waals surface area contributed by atoms with E-state index in [-0.39, 0.29) is 6.42 Å². The van der Waals surface area contributed by atoms with Gasteiger partial charge < -0.3 is 41.9 Å². The average molecular weight is 520 g/mol. The largest absolute Gasteiger partial charge is 0.481 e. The second-order valence-electron chi connectivity index (χ2n) is 8.79. The maximum Gasteiger partial charge on any atom is 0.303 e. The van der Waals surface area contributed by atoms with E-state index in [9.17, 15) is 44.1 Å². The molecule has 14 nitrogen and oxygen atoms in total. The highest BCUT2D eigenvalue weighted by Gasteiger charge is 2.34. The number of primary amides is 1. The van der Waals surface area contributed by atoms with Gasteiger partial charge in [-0.1, -0.05) is 6.92 Å². The molecular weight excluding hydrogens is 482 g/mol. The summed E-state index contributed by atoms with van der Waals surface area (Å²) in [4.78, 5) is 72.7. The SMILES string of the molecule is C[C@@H](CO)C(=O)C[C@@H](CO)C(=O)N[C@H](C(=O)C[C@@H](CCC(=O)O)C(=O)N[C@H](C(N)=O)[C@@H](C)O)[C@@H](C)O. The fourth-order valence-electron chi connectivity index (χ4n) is 3.22. The molecule has 14 heteroatoms. The molecule has 7 atom stereocenters. The number of rotatable bonds is 18. The molecule has 0 unspecified atom stereocenters. The van der Waals surface area contributed by atoms with Gasteiger partial charge in [-0.3, -0.25) is 28.8 Å². The lowest BCUT2D eigenvalue weighted by molar-refractivity contribution is -0.140. The Labute approximate surface area is 208 Å². The molecule has 0 spiro atoms. The summed E-state index contributed by atoms with van der Waals surface area (Å²) >= 11 is 0. The molecule has 0 bridgehead atoms. The molecule has 36 heavy (non-hydrogen) atoms. The molecule has 206 valence electrons. The molecule has 9 N–H and O–H groups in total. The van der Waals surface area contributed by atoms with Gasteiger partial charge in [0.1, 0.15) is 17.9 Å². The Bertz CT molecular complexity index is 800. The smallest absolute Gasteiger partial charge is 0.303 e. The highest BCUT2D eigenvalue weighted by molar-refractivity contribution is 5.95. The van der Waals surface area contributed by atoms with E-state index in [0.717, 1.165) is 0 Å². The first-order valence-electron chi connectivity index (χ1n) is 11.4. The Morgan fingerprint density at radius 3 is 1.64 bits per heavy atom. The molecule has 0 aliphatic carbocycles. The van der Waals surface area contributed by atoms with Crippen LogP contribution in [0, 0.1) is 17.8 Å². The summed E-state index contributed by atoms with van der Waals surface area (Å²) in [5.74, 6) is -8.91. The van der Waals surface area contributed by atoms with Crippen LogP contribution in [0.15, 0.2) is 0 Å². The lowest BCUT2D eigenvalue weighted by Gasteiger charge is -2.26. The number of carbonyl (C=O) groups excluding carboxylic acids is 5. The Morgan fingerprint density at radius 1 is 0.750 bits per heavy atom. The topological polar surface area (TPSA) is 254 Å². The number of hydrogen-bond donors (Lipinski definition) is 8. The molecule has 0 aromatic rings. The van der Waals surface area contributed by atoms with Crippen molar-refractivity contribution in [1.82, 2.24) is 10.6 Å². The van der Waals surface area contributed by atoms with Gasteiger partial charge in [0.2, 0.25) is 17.7 Å². The number of nitrogens with one attached hydrogen (secondary N) is 2. The third kappa shape index (κ3) is 11.2. The van der Waals surface area contributed by atoms with Gasteiger partial charge in [0.25, 0.3) is 0 Å². The van der Waals surface area contributed by atoms with Crippen LogP contribution in [0.4, 0.5) is 0 Å². The summed E-state index contributed by atoms with van der Waals surface area (Å²) in [6.07, 6.45) is -4.78. The van der Waals surface area contributed by atoms with E-state index in [2.05, 4.69) is 10.6 Å². The number of aliphatic hydroxyl groups is 4. The summed E-state index contributed by atoms with van der Waals surface area (Å²) < 4.78 is 0. The standard InChI is InChI=1S/C22H37N3O11/c1-10(8-26)15(30)7-14(9-27)22(36)24-18(11(2)28)16(31)6-13(4-5-17(32)33)21(35)25-19(12(3)29)20(23)34/h10-14,18-19,26-29H,4-9H2,1-3H3,(H2,23,34)(H,24,36)(H,25,35)(H,32,33)/t10-,11+,12+,13+,14-,18-,19-/m0/s1. The van der Waals surface area contributed by atoms with Crippen molar-refractivity contribution in [2.45, 2.75) is 70.7 Å². The highest BCUT2D eigenvalue weighted by Crippen LogP contribution is 2.17. The normalized spacial score (nSPS) is 17.0. The Kier molecular flexibility index (Phi) is 14.6. The molecule has 0 heterocycles. The average Bonchev–Trinajstić information content (AvgIpc) is 2.79. The Balaban J connectivity index is 5.62. The van der Waals surface area contributed by atoms with Gasteiger partial charge >= 0.3 is 5.97 Å². The molecule has 0 saturated heterocycles. The van der Waals surface area contributed by atoms with Crippen molar-refractivity contribution in [2.75, 3.05) is 13.2 Å². The zero-order valence-electron chi connectivity index (χ0n) is 20.5. The fourth-order valence-corrected chi connectivity index (χ4v) is 3.22. The van der Waals surface area contributed by atoms with Crippen LogP contribution in [0.2, 0.25) is 0 Å². The predicted octanol–water partition coefficient (Wildman–Crippen LogP) is -3.16. The van der Waals surface area contributed by atoms with Crippen LogP contribution < -0.4 is 16.4 Å². The number of carboxylic acids is 1. The summed E-state index contributed by atoms with van der Waals surface area (Å²) in [5.41, 5.74) is 5.14. The second-order valence-corrected chi connectivity index (χ2v) is 8.79. The number of nitrogens with two attached hydrogens (primary N) is 1. The van der Waals surface area contributed by atoms with Crippen molar-refractivity contribution in [3.8, 4) is 0 Å². The van der Waals surface area contributed by atoms with Crippen molar-refractivity contribution in [1.29, 1.82) is 0 Å². The van der Waals surface area contributed by atoms with Crippen LogP contribution in [-0.4, -0.2) is 98.3 Å². The Morgan fingerprint density at radius 2 is 1.22 bits per heavy atom. The molecule has 0 aromatic carbocycles. The molecule has 3 amide bonds. The minimum absolute atomic E-state index is 0.342. The minimum atomic E-state index is -1.57. The van der Waals surface area contributed by atoms with Crippen molar-refractivity contribution in [3.63, 3.8) is 0 Å². The quantitative estimate of drug-likeness (QED) is 0.0896. The molecule has 0 radical (unpaired) electrons. The minimum Gasteiger partial charge on any atom is -0.481 e. The second kappa shape index (κ2) is 15.9. The molecule has 0 aliphatic heterocycles. The number of carbonyl (C=O) groups is 6. The highest BCUT2D eigenvalue weighted by atomic mass is 16.4. The van der Waals surface area contributed by atoms with Gasteiger partial charge in [0, 0.05) is 31.1 Å². The molecule has 0 aromatic heterocycles. The van der Waals surface area contributed by atoms with Crippen LogP contribution in [0.5, 0.6) is 0 Å². The monoisotopic (exact) mass is 519 g/mol. The summed E-state index contributed by atoms with van der Waals surface area (Å²) in [6.45, 7) is 2.58. The van der Waals surface area contributed by atoms with E-state index in [1.165, 1.54) is 20.8 Å². The fraction of sp³-hybridized carbons (Fsp3) is 0.727.